The largest absolute Gasteiger partial charge is 0.296 e. The first-order valence-electron chi connectivity index (χ1n) is 4.03. The Bertz CT molecular complexity index is 139. The van der Waals surface area contributed by atoms with Gasteiger partial charge in [0.05, 0.1) is 0 Å². The highest BCUT2D eigenvalue weighted by atomic mass is 35.5. The molecule has 0 aromatic rings. The van der Waals surface area contributed by atoms with E-state index in [0.717, 1.165) is 25.7 Å². The summed E-state index contributed by atoms with van der Waals surface area (Å²) < 4.78 is 0. The molecule has 0 atom stereocenters. The summed E-state index contributed by atoms with van der Waals surface area (Å²) in [5.41, 5.74) is 0. The number of carbonyl (C=O) groups is 1. The van der Waals surface area contributed by atoms with E-state index < -0.39 is 4.84 Å². The number of halogens is 2. The zero-order valence-corrected chi connectivity index (χ0v) is 7.87. The van der Waals surface area contributed by atoms with Gasteiger partial charge < -0.3 is 0 Å². The quantitative estimate of drug-likeness (QED) is 0.619. The molecule has 3 heteroatoms. The standard InChI is InChI=1S/C8H12Cl2O/c9-8(10)7(11)6-4-2-1-3-5-6/h6,8H,1-5H2. The topological polar surface area (TPSA) is 17.1 Å². The molecular weight excluding hydrogens is 183 g/mol. The van der Waals surface area contributed by atoms with Crippen LogP contribution in [0.4, 0.5) is 0 Å². The zero-order valence-electron chi connectivity index (χ0n) is 6.35. The van der Waals surface area contributed by atoms with Crippen molar-refractivity contribution in [2.75, 3.05) is 0 Å². The van der Waals surface area contributed by atoms with Crippen LogP contribution in [0.15, 0.2) is 0 Å². The van der Waals surface area contributed by atoms with Crippen molar-refractivity contribution in [1.29, 1.82) is 0 Å². The van der Waals surface area contributed by atoms with Gasteiger partial charge in [0.25, 0.3) is 0 Å². The summed E-state index contributed by atoms with van der Waals surface area (Å²) in [5, 5.41) is 0. The molecule has 0 N–H and O–H groups in total. The Morgan fingerprint density at radius 1 is 1.18 bits per heavy atom. The molecule has 0 aromatic heterocycles. The van der Waals surface area contributed by atoms with Crippen LogP contribution in [0.1, 0.15) is 32.1 Å². The van der Waals surface area contributed by atoms with Gasteiger partial charge in [0.15, 0.2) is 10.6 Å². The molecule has 1 fully saturated rings. The van der Waals surface area contributed by atoms with E-state index in [2.05, 4.69) is 0 Å². The van der Waals surface area contributed by atoms with E-state index in [9.17, 15) is 4.79 Å². The lowest BCUT2D eigenvalue weighted by molar-refractivity contribution is -0.122. The minimum absolute atomic E-state index is 0.0213. The Hall–Kier alpha value is 0.250. The summed E-state index contributed by atoms with van der Waals surface area (Å²) in [6, 6.07) is 0. The number of ketones is 1. The molecule has 0 radical (unpaired) electrons. The minimum atomic E-state index is -0.807. The number of hydrogen-bond donors (Lipinski definition) is 0. The summed E-state index contributed by atoms with van der Waals surface area (Å²) in [4.78, 5) is 10.4. The van der Waals surface area contributed by atoms with Crippen LogP contribution in [-0.4, -0.2) is 10.6 Å². The Kier molecular flexibility index (Phi) is 3.67. The zero-order chi connectivity index (χ0) is 8.27. The van der Waals surface area contributed by atoms with E-state index in [1.165, 1.54) is 6.42 Å². The first kappa shape index (κ1) is 9.34. The second kappa shape index (κ2) is 4.32. The predicted octanol–water partition coefficient (Wildman–Crippen LogP) is 2.94. The highest BCUT2D eigenvalue weighted by Crippen LogP contribution is 2.27. The summed E-state index contributed by atoms with van der Waals surface area (Å²) >= 11 is 11.0. The average molecular weight is 195 g/mol. The van der Waals surface area contributed by atoms with Crippen molar-refractivity contribution in [2.24, 2.45) is 5.92 Å². The molecule has 1 saturated carbocycles. The van der Waals surface area contributed by atoms with Crippen LogP contribution in [-0.2, 0) is 4.79 Å². The number of rotatable bonds is 2. The molecule has 1 nitrogen and oxygen atoms in total. The van der Waals surface area contributed by atoms with Crippen molar-refractivity contribution in [3.8, 4) is 0 Å². The molecular formula is C8H12Cl2O. The molecule has 1 aliphatic rings. The second-order valence-electron chi connectivity index (χ2n) is 3.04. The van der Waals surface area contributed by atoms with Crippen LogP contribution in [0.5, 0.6) is 0 Å². The first-order valence-corrected chi connectivity index (χ1v) is 4.91. The van der Waals surface area contributed by atoms with Crippen LogP contribution in [0, 0.1) is 5.92 Å². The van der Waals surface area contributed by atoms with Crippen LogP contribution in [0.3, 0.4) is 0 Å². The van der Waals surface area contributed by atoms with Gasteiger partial charge in [-0.3, -0.25) is 4.79 Å². The van der Waals surface area contributed by atoms with E-state index in [1.54, 1.807) is 0 Å². The maximum Gasteiger partial charge on any atom is 0.168 e. The molecule has 0 aliphatic heterocycles. The maximum atomic E-state index is 11.2. The van der Waals surface area contributed by atoms with Gasteiger partial charge in [0.1, 0.15) is 0 Å². The Morgan fingerprint density at radius 3 is 2.18 bits per heavy atom. The maximum absolute atomic E-state index is 11.2. The number of alkyl halides is 2. The van der Waals surface area contributed by atoms with Crippen molar-refractivity contribution >= 4 is 29.0 Å². The third kappa shape index (κ3) is 2.64. The predicted molar refractivity (Wildman–Crippen MR) is 47.1 cm³/mol. The Morgan fingerprint density at radius 2 is 1.73 bits per heavy atom. The molecule has 0 saturated heterocycles. The van der Waals surface area contributed by atoms with Crippen molar-refractivity contribution < 1.29 is 4.79 Å². The van der Waals surface area contributed by atoms with Gasteiger partial charge in [-0.05, 0) is 12.8 Å². The summed E-state index contributed by atoms with van der Waals surface area (Å²) in [5.74, 6) is 0.164. The van der Waals surface area contributed by atoms with Crippen molar-refractivity contribution in [2.45, 2.75) is 36.9 Å². The van der Waals surface area contributed by atoms with Gasteiger partial charge in [0.2, 0.25) is 0 Å². The minimum Gasteiger partial charge on any atom is -0.296 e. The highest BCUT2D eigenvalue weighted by molar-refractivity contribution is 6.53. The monoisotopic (exact) mass is 194 g/mol. The third-order valence-electron chi connectivity index (χ3n) is 2.22. The summed E-state index contributed by atoms with van der Waals surface area (Å²) in [7, 11) is 0. The number of carbonyl (C=O) groups excluding carboxylic acids is 1. The van der Waals surface area contributed by atoms with Gasteiger partial charge in [-0.1, -0.05) is 42.5 Å². The van der Waals surface area contributed by atoms with Gasteiger partial charge in [-0.2, -0.15) is 0 Å². The van der Waals surface area contributed by atoms with E-state index in [1.807, 2.05) is 0 Å². The van der Waals surface area contributed by atoms with Gasteiger partial charge in [0, 0.05) is 5.92 Å². The fourth-order valence-corrected chi connectivity index (χ4v) is 1.92. The molecule has 0 heterocycles. The molecule has 1 aliphatic carbocycles. The molecule has 0 aromatic carbocycles. The Balaban J connectivity index is 2.39. The van der Waals surface area contributed by atoms with Crippen LogP contribution in [0.2, 0.25) is 0 Å². The number of Topliss-reactive ketones (excluding diaryl/α,β-unsaturated/α-hetero) is 1. The lowest BCUT2D eigenvalue weighted by Crippen LogP contribution is -2.22. The van der Waals surface area contributed by atoms with E-state index >= 15 is 0 Å². The summed E-state index contributed by atoms with van der Waals surface area (Å²) in [6.07, 6.45) is 5.51. The normalized spacial score (nSPS) is 20.6. The second-order valence-corrected chi connectivity index (χ2v) is 4.13. The van der Waals surface area contributed by atoms with Crippen LogP contribution in [0.25, 0.3) is 0 Å². The molecule has 1 rings (SSSR count). The van der Waals surface area contributed by atoms with Crippen LogP contribution >= 0.6 is 23.2 Å². The highest BCUT2D eigenvalue weighted by Gasteiger charge is 2.24. The SMILES string of the molecule is O=C(C(Cl)Cl)C1CCCCC1. The lowest BCUT2D eigenvalue weighted by Gasteiger charge is -2.20. The third-order valence-corrected chi connectivity index (χ3v) is 2.65. The lowest BCUT2D eigenvalue weighted by atomic mass is 9.87. The first-order chi connectivity index (χ1) is 5.22. The van der Waals surface area contributed by atoms with Crippen molar-refractivity contribution in [3.05, 3.63) is 0 Å². The van der Waals surface area contributed by atoms with E-state index in [-0.39, 0.29) is 11.7 Å². The molecule has 64 valence electrons. The van der Waals surface area contributed by atoms with E-state index in [0.29, 0.717) is 0 Å². The molecule has 0 spiro atoms. The fourth-order valence-electron chi connectivity index (χ4n) is 1.57. The smallest absolute Gasteiger partial charge is 0.168 e. The van der Waals surface area contributed by atoms with Crippen molar-refractivity contribution in [3.63, 3.8) is 0 Å². The molecule has 0 bridgehead atoms. The van der Waals surface area contributed by atoms with Gasteiger partial charge in [-0.25, -0.2) is 0 Å². The Labute approximate surface area is 77.1 Å². The molecule has 0 unspecified atom stereocenters. The fraction of sp³-hybridized carbons (Fsp3) is 0.875. The molecule has 11 heavy (non-hydrogen) atoms. The van der Waals surface area contributed by atoms with Gasteiger partial charge in [-0.15, -0.1) is 0 Å². The molecule has 0 amide bonds. The summed E-state index contributed by atoms with van der Waals surface area (Å²) in [6.45, 7) is 0. The van der Waals surface area contributed by atoms with Crippen LogP contribution < -0.4 is 0 Å². The van der Waals surface area contributed by atoms with Crippen molar-refractivity contribution in [1.82, 2.24) is 0 Å². The average Bonchev–Trinajstić information content (AvgIpc) is 2.05. The van der Waals surface area contributed by atoms with Gasteiger partial charge >= 0.3 is 0 Å². The van der Waals surface area contributed by atoms with E-state index in [4.69, 9.17) is 23.2 Å². The number of hydrogen-bond acceptors (Lipinski definition) is 1.